The van der Waals surface area contributed by atoms with Crippen molar-refractivity contribution in [2.24, 2.45) is 0 Å². The van der Waals surface area contributed by atoms with Crippen LogP contribution in [0.25, 0.3) is 0 Å². The first kappa shape index (κ1) is 17.3. The summed E-state index contributed by atoms with van der Waals surface area (Å²) in [5.41, 5.74) is 6.33. The molecule has 8 heteroatoms. The standard InChI is InChI=1S/C17H24N4O4/c1-24-14-6-4-13(5-7-14)18-19-16(22)15-3-2-8-21(15)17(23)20-9-11-25-12-10-20/h4-7,15,18H,2-3,8-12H2,1H3,(H,19,22). The van der Waals surface area contributed by atoms with Crippen LogP contribution in [0.4, 0.5) is 10.5 Å². The Morgan fingerprint density at radius 1 is 1.16 bits per heavy atom. The summed E-state index contributed by atoms with van der Waals surface area (Å²) in [6, 6.07) is 6.71. The fourth-order valence-electron chi connectivity index (χ4n) is 3.10. The number of nitrogens with one attached hydrogen (secondary N) is 2. The number of rotatable bonds is 4. The van der Waals surface area contributed by atoms with E-state index in [0.29, 0.717) is 39.3 Å². The maximum Gasteiger partial charge on any atom is 0.320 e. The summed E-state index contributed by atoms with van der Waals surface area (Å²) in [5.74, 6) is 0.546. The van der Waals surface area contributed by atoms with Crippen LogP contribution in [0.15, 0.2) is 24.3 Å². The van der Waals surface area contributed by atoms with Gasteiger partial charge in [-0.25, -0.2) is 4.79 Å². The van der Waals surface area contributed by atoms with Crippen molar-refractivity contribution in [3.63, 3.8) is 0 Å². The lowest BCUT2D eigenvalue weighted by Gasteiger charge is -2.33. The molecule has 1 unspecified atom stereocenters. The zero-order valence-electron chi connectivity index (χ0n) is 14.4. The van der Waals surface area contributed by atoms with Crippen molar-refractivity contribution in [3.05, 3.63) is 24.3 Å². The van der Waals surface area contributed by atoms with Gasteiger partial charge in [0.1, 0.15) is 11.8 Å². The van der Waals surface area contributed by atoms with Gasteiger partial charge >= 0.3 is 6.03 Å². The van der Waals surface area contributed by atoms with Gasteiger partial charge in [0.05, 0.1) is 26.0 Å². The summed E-state index contributed by atoms with van der Waals surface area (Å²) < 4.78 is 10.4. The van der Waals surface area contributed by atoms with E-state index in [0.717, 1.165) is 17.9 Å². The molecule has 2 saturated heterocycles. The normalized spacial score (nSPS) is 20.3. The van der Waals surface area contributed by atoms with Gasteiger partial charge < -0.3 is 19.3 Å². The second kappa shape index (κ2) is 8.06. The number of amides is 3. The zero-order chi connectivity index (χ0) is 17.6. The third kappa shape index (κ3) is 4.14. The van der Waals surface area contributed by atoms with Crippen LogP contribution >= 0.6 is 0 Å². The van der Waals surface area contributed by atoms with Crippen LogP contribution in [0.1, 0.15) is 12.8 Å². The molecule has 0 spiro atoms. The van der Waals surface area contributed by atoms with E-state index in [-0.39, 0.29) is 11.9 Å². The Hall–Kier alpha value is -2.48. The topological polar surface area (TPSA) is 83.1 Å². The van der Waals surface area contributed by atoms with Gasteiger partial charge in [-0.15, -0.1) is 0 Å². The first-order valence-electron chi connectivity index (χ1n) is 8.52. The predicted molar refractivity (Wildman–Crippen MR) is 92.3 cm³/mol. The lowest BCUT2D eigenvalue weighted by atomic mass is 10.2. The monoisotopic (exact) mass is 348 g/mol. The van der Waals surface area contributed by atoms with E-state index >= 15 is 0 Å². The predicted octanol–water partition coefficient (Wildman–Crippen LogP) is 1.05. The summed E-state index contributed by atoms with van der Waals surface area (Å²) in [7, 11) is 1.60. The SMILES string of the molecule is COc1ccc(NNC(=O)C2CCCN2C(=O)N2CCOCC2)cc1. The van der Waals surface area contributed by atoms with Crippen molar-refractivity contribution in [1.29, 1.82) is 0 Å². The molecular weight excluding hydrogens is 324 g/mol. The van der Waals surface area contributed by atoms with Crippen molar-refractivity contribution < 1.29 is 19.1 Å². The lowest BCUT2D eigenvalue weighted by Crippen LogP contribution is -2.53. The highest BCUT2D eigenvalue weighted by Gasteiger charge is 2.36. The van der Waals surface area contributed by atoms with Crippen molar-refractivity contribution in [3.8, 4) is 5.75 Å². The number of anilines is 1. The average Bonchev–Trinajstić information content (AvgIpc) is 3.16. The molecule has 2 aliphatic rings. The Morgan fingerprint density at radius 2 is 1.88 bits per heavy atom. The van der Waals surface area contributed by atoms with Gasteiger partial charge in [-0.3, -0.25) is 15.6 Å². The fourth-order valence-corrected chi connectivity index (χ4v) is 3.10. The molecule has 8 nitrogen and oxygen atoms in total. The number of hydrogen-bond donors (Lipinski definition) is 2. The van der Waals surface area contributed by atoms with Gasteiger partial charge in [0.15, 0.2) is 0 Å². The summed E-state index contributed by atoms with van der Waals surface area (Å²) in [6.45, 7) is 2.86. The molecule has 1 aromatic carbocycles. The molecule has 3 amide bonds. The molecule has 0 aromatic heterocycles. The van der Waals surface area contributed by atoms with Crippen LogP contribution < -0.4 is 15.6 Å². The third-order valence-electron chi connectivity index (χ3n) is 4.50. The molecule has 0 radical (unpaired) electrons. The van der Waals surface area contributed by atoms with Crippen LogP contribution in [0.2, 0.25) is 0 Å². The number of urea groups is 1. The molecule has 136 valence electrons. The first-order chi connectivity index (χ1) is 12.2. The van der Waals surface area contributed by atoms with Crippen molar-refractivity contribution in [1.82, 2.24) is 15.2 Å². The van der Waals surface area contributed by atoms with Crippen LogP contribution in [0, 0.1) is 0 Å². The minimum Gasteiger partial charge on any atom is -0.497 e. The number of carbonyl (C=O) groups is 2. The highest BCUT2D eigenvalue weighted by atomic mass is 16.5. The molecule has 25 heavy (non-hydrogen) atoms. The quantitative estimate of drug-likeness (QED) is 0.795. The number of morpholine rings is 1. The number of methoxy groups -OCH3 is 1. The fraction of sp³-hybridized carbons (Fsp3) is 0.529. The van der Waals surface area contributed by atoms with Crippen molar-refractivity contribution in [2.45, 2.75) is 18.9 Å². The van der Waals surface area contributed by atoms with Gasteiger partial charge in [0, 0.05) is 19.6 Å². The van der Waals surface area contributed by atoms with Crippen molar-refractivity contribution >= 4 is 17.6 Å². The number of hydrogen-bond acceptors (Lipinski definition) is 5. The molecule has 2 heterocycles. The molecule has 0 saturated carbocycles. The van der Waals surface area contributed by atoms with Crippen LogP contribution in [-0.4, -0.2) is 67.7 Å². The van der Waals surface area contributed by atoms with E-state index in [1.807, 2.05) is 12.1 Å². The highest BCUT2D eigenvalue weighted by Crippen LogP contribution is 2.20. The smallest absolute Gasteiger partial charge is 0.320 e. The van der Waals surface area contributed by atoms with Crippen LogP contribution in [0.3, 0.4) is 0 Å². The molecule has 3 rings (SSSR count). The number of ether oxygens (including phenoxy) is 2. The molecule has 2 N–H and O–H groups in total. The third-order valence-corrected chi connectivity index (χ3v) is 4.50. The molecule has 1 aromatic rings. The molecule has 2 aliphatic heterocycles. The van der Waals surface area contributed by atoms with E-state index in [1.165, 1.54) is 0 Å². The zero-order valence-corrected chi connectivity index (χ0v) is 14.4. The molecule has 0 bridgehead atoms. The Morgan fingerprint density at radius 3 is 2.56 bits per heavy atom. The van der Waals surface area contributed by atoms with Gasteiger partial charge in [-0.1, -0.05) is 0 Å². The largest absolute Gasteiger partial charge is 0.497 e. The maximum atomic E-state index is 12.6. The number of likely N-dealkylation sites (tertiary alicyclic amines) is 1. The van der Waals surface area contributed by atoms with E-state index < -0.39 is 6.04 Å². The molecule has 1 atom stereocenters. The summed E-state index contributed by atoms with van der Waals surface area (Å²) in [5, 5.41) is 0. The highest BCUT2D eigenvalue weighted by molar-refractivity contribution is 5.88. The van der Waals surface area contributed by atoms with Crippen molar-refractivity contribution in [2.75, 3.05) is 45.4 Å². The maximum absolute atomic E-state index is 12.6. The van der Waals surface area contributed by atoms with Gasteiger partial charge in [-0.05, 0) is 37.1 Å². The number of benzene rings is 1. The van der Waals surface area contributed by atoms with Crippen LogP contribution in [-0.2, 0) is 9.53 Å². The Labute approximate surface area is 147 Å². The Bertz CT molecular complexity index is 601. The van der Waals surface area contributed by atoms with Gasteiger partial charge in [-0.2, -0.15) is 0 Å². The summed E-state index contributed by atoms with van der Waals surface area (Å²) in [4.78, 5) is 28.6. The number of hydrazine groups is 1. The summed E-state index contributed by atoms with van der Waals surface area (Å²) >= 11 is 0. The van der Waals surface area contributed by atoms with Gasteiger partial charge in [0.25, 0.3) is 5.91 Å². The second-order valence-corrected chi connectivity index (χ2v) is 6.08. The molecule has 2 fully saturated rings. The van der Waals surface area contributed by atoms with Gasteiger partial charge in [0.2, 0.25) is 0 Å². The number of carbonyl (C=O) groups excluding carboxylic acids is 2. The average molecular weight is 348 g/mol. The number of nitrogens with zero attached hydrogens (tertiary/aromatic N) is 2. The summed E-state index contributed by atoms with van der Waals surface area (Å²) in [6.07, 6.45) is 1.50. The Balaban J connectivity index is 1.55. The van der Waals surface area contributed by atoms with Crippen LogP contribution in [0.5, 0.6) is 5.75 Å². The van der Waals surface area contributed by atoms with E-state index in [2.05, 4.69) is 10.9 Å². The minimum atomic E-state index is -0.443. The van der Waals surface area contributed by atoms with E-state index in [9.17, 15) is 9.59 Å². The minimum absolute atomic E-state index is 0.0783. The second-order valence-electron chi connectivity index (χ2n) is 6.08. The van der Waals surface area contributed by atoms with E-state index in [1.54, 1.807) is 29.0 Å². The Kier molecular flexibility index (Phi) is 5.60. The molecule has 0 aliphatic carbocycles. The lowest BCUT2D eigenvalue weighted by molar-refractivity contribution is -0.124. The first-order valence-corrected chi connectivity index (χ1v) is 8.52. The molecular formula is C17H24N4O4. The van der Waals surface area contributed by atoms with E-state index in [4.69, 9.17) is 9.47 Å².